The van der Waals surface area contributed by atoms with Crippen molar-refractivity contribution < 1.29 is 0 Å². The predicted octanol–water partition coefficient (Wildman–Crippen LogP) is 3.24. The van der Waals surface area contributed by atoms with Gasteiger partial charge < -0.3 is 4.90 Å². The first-order valence-electron chi connectivity index (χ1n) is 5.52. The summed E-state index contributed by atoms with van der Waals surface area (Å²) in [5.74, 6) is 0.758. The molecule has 0 aliphatic heterocycles. The number of aromatic nitrogens is 1. The Kier molecular flexibility index (Phi) is 3.81. The summed E-state index contributed by atoms with van der Waals surface area (Å²) in [6, 6.07) is 15.1. The number of anilines is 1. The van der Waals surface area contributed by atoms with E-state index in [-0.39, 0.29) is 0 Å². The van der Waals surface area contributed by atoms with Gasteiger partial charge in [0.2, 0.25) is 0 Å². The van der Waals surface area contributed by atoms with E-state index < -0.39 is 0 Å². The van der Waals surface area contributed by atoms with Crippen LogP contribution in [0.1, 0.15) is 11.3 Å². The minimum atomic E-state index is 0.415. The Balaban J connectivity index is 2.20. The molecule has 0 atom stereocenters. The Morgan fingerprint density at radius 2 is 2.00 bits per heavy atom. The molecule has 4 heteroatoms. The van der Waals surface area contributed by atoms with Crippen LogP contribution < -0.4 is 4.90 Å². The Hall–Kier alpha value is -2.05. The van der Waals surface area contributed by atoms with Gasteiger partial charge in [0, 0.05) is 18.6 Å². The number of rotatable bonds is 3. The minimum absolute atomic E-state index is 0.415. The molecule has 2 rings (SSSR count). The van der Waals surface area contributed by atoms with E-state index in [1.165, 1.54) is 0 Å². The van der Waals surface area contributed by atoms with Crippen molar-refractivity contribution in [2.45, 2.75) is 6.54 Å². The SMILES string of the molecule is CN(Cc1ccccc1Cl)c1cccc(C#N)n1. The summed E-state index contributed by atoms with van der Waals surface area (Å²) in [5.41, 5.74) is 1.45. The van der Waals surface area contributed by atoms with E-state index in [9.17, 15) is 0 Å². The standard InChI is InChI=1S/C14H12ClN3/c1-18(10-11-5-2-3-7-13(11)15)14-8-4-6-12(9-16)17-14/h2-8H,10H2,1H3. The molecule has 1 aromatic carbocycles. The van der Waals surface area contributed by atoms with E-state index in [1.807, 2.05) is 54.4 Å². The van der Waals surface area contributed by atoms with Gasteiger partial charge in [0.25, 0.3) is 0 Å². The molecule has 1 aromatic heterocycles. The lowest BCUT2D eigenvalue weighted by Gasteiger charge is -2.18. The maximum Gasteiger partial charge on any atom is 0.142 e. The third-order valence-corrected chi connectivity index (χ3v) is 2.97. The van der Waals surface area contributed by atoms with Gasteiger partial charge >= 0.3 is 0 Å². The van der Waals surface area contributed by atoms with Gasteiger partial charge in [0.05, 0.1) is 0 Å². The molecule has 0 unspecified atom stereocenters. The summed E-state index contributed by atoms with van der Waals surface area (Å²) in [5, 5.41) is 9.56. The number of nitrogens with zero attached hydrogens (tertiary/aromatic N) is 3. The predicted molar refractivity (Wildman–Crippen MR) is 72.5 cm³/mol. The topological polar surface area (TPSA) is 39.9 Å². The first kappa shape index (κ1) is 12.4. The van der Waals surface area contributed by atoms with Crippen molar-refractivity contribution in [3.05, 3.63) is 58.7 Å². The van der Waals surface area contributed by atoms with Gasteiger partial charge in [-0.3, -0.25) is 0 Å². The van der Waals surface area contributed by atoms with Gasteiger partial charge in [-0.05, 0) is 23.8 Å². The summed E-state index contributed by atoms with van der Waals surface area (Å²) in [4.78, 5) is 6.20. The van der Waals surface area contributed by atoms with E-state index in [4.69, 9.17) is 16.9 Å². The number of benzene rings is 1. The molecular formula is C14H12ClN3. The summed E-state index contributed by atoms with van der Waals surface area (Å²) in [6.45, 7) is 0.654. The third-order valence-electron chi connectivity index (χ3n) is 2.61. The van der Waals surface area contributed by atoms with Crippen molar-refractivity contribution in [1.82, 2.24) is 4.98 Å². The number of hydrogen-bond acceptors (Lipinski definition) is 3. The normalized spacial score (nSPS) is 9.83. The lowest BCUT2D eigenvalue weighted by molar-refractivity contribution is 0.896. The summed E-state index contributed by atoms with van der Waals surface area (Å²) >= 11 is 6.11. The van der Waals surface area contributed by atoms with Crippen molar-refractivity contribution in [2.24, 2.45) is 0 Å². The molecule has 0 fully saturated rings. The molecule has 0 saturated heterocycles. The molecule has 0 amide bonds. The number of hydrogen-bond donors (Lipinski definition) is 0. The molecule has 3 nitrogen and oxygen atoms in total. The summed E-state index contributed by atoms with van der Waals surface area (Å²) in [6.07, 6.45) is 0. The summed E-state index contributed by atoms with van der Waals surface area (Å²) in [7, 11) is 1.92. The van der Waals surface area contributed by atoms with Gasteiger partial charge in [-0.25, -0.2) is 4.98 Å². The zero-order valence-corrected chi connectivity index (χ0v) is 10.7. The van der Waals surface area contributed by atoms with Crippen LogP contribution >= 0.6 is 11.6 Å². The molecule has 90 valence electrons. The largest absolute Gasteiger partial charge is 0.355 e. The van der Waals surface area contributed by atoms with Crippen molar-refractivity contribution in [3.8, 4) is 6.07 Å². The highest BCUT2D eigenvalue weighted by molar-refractivity contribution is 6.31. The van der Waals surface area contributed by atoms with Crippen molar-refractivity contribution in [2.75, 3.05) is 11.9 Å². The maximum atomic E-state index is 8.83. The lowest BCUT2D eigenvalue weighted by atomic mass is 10.2. The molecular weight excluding hydrogens is 246 g/mol. The minimum Gasteiger partial charge on any atom is -0.355 e. The molecule has 0 saturated carbocycles. The molecule has 0 aliphatic carbocycles. The van der Waals surface area contributed by atoms with E-state index in [2.05, 4.69) is 4.98 Å². The van der Waals surface area contributed by atoms with E-state index >= 15 is 0 Å². The molecule has 0 aliphatic rings. The maximum absolute atomic E-state index is 8.83. The fraction of sp³-hybridized carbons (Fsp3) is 0.143. The second kappa shape index (κ2) is 5.52. The zero-order valence-electron chi connectivity index (χ0n) is 9.97. The number of nitriles is 1. The van der Waals surface area contributed by atoms with Crippen molar-refractivity contribution >= 4 is 17.4 Å². The summed E-state index contributed by atoms with van der Waals surface area (Å²) < 4.78 is 0. The lowest BCUT2D eigenvalue weighted by Crippen LogP contribution is -2.18. The van der Waals surface area contributed by atoms with Gasteiger partial charge in [-0.15, -0.1) is 0 Å². The molecule has 0 bridgehead atoms. The Morgan fingerprint density at radius 1 is 1.22 bits per heavy atom. The van der Waals surface area contributed by atoms with Gasteiger partial charge in [0.15, 0.2) is 0 Å². The molecule has 18 heavy (non-hydrogen) atoms. The Bertz CT molecular complexity index is 590. The van der Waals surface area contributed by atoms with Crippen LogP contribution in [-0.4, -0.2) is 12.0 Å². The highest BCUT2D eigenvalue weighted by Gasteiger charge is 2.06. The monoisotopic (exact) mass is 257 g/mol. The third kappa shape index (κ3) is 2.79. The van der Waals surface area contributed by atoms with Crippen LogP contribution in [0.5, 0.6) is 0 Å². The van der Waals surface area contributed by atoms with Crippen LogP contribution in [0.25, 0.3) is 0 Å². The van der Waals surface area contributed by atoms with Crippen molar-refractivity contribution in [3.63, 3.8) is 0 Å². The van der Waals surface area contributed by atoms with Crippen LogP contribution in [0.2, 0.25) is 5.02 Å². The first-order valence-corrected chi connectivity index (χ1v) is 5.90. The highest BCUT2D eigenvalue weighted by atomic mass is 35.5. The van der Waals surface area contributed by atoms with Gasteiger partial charge in [-0.2, -0.15) is 5.26 Å². The Labute approximate surface area is 111 Å². The zero-order chi connectivity index (χ0) is 13.0. The van der Waals surface area contributed by atoms with Crippen LogP contribution in [0.4, 0.5) is 5.82 Å². The second-order valence-electron chi connectivity index (χ2n) is 3.94. The molecule has 1 heterocycles. The fourth-order valence-corrected chi connectivity index (χ4v) is 1.86. The van der Waals surface area contributed by atoms with Gasteiger partial charge in [0.1, 0.15) is 17.6 Å². The van der Waals surface area contributed by atoms with E-state index in [0.717, 1.165) is 16.4 Å². The molecule has 0 radical (unpaired) electrons. The highest BCUT2D eigenvalue weighted by Crippen LogP contribution is 2.19. The smallest absolute Gasteiger partial charge is 0.142 e. The average Bonchev–Trinajstić information content (AvgIpc) is 2.41. The molecule has 0 N–H and O–H groups in total. The number of halogens is 1. The van der Waals surface area contributed by atoms with E-state index in [1.54, 1.807) is 6.07 Å². The van der Waals surface area contributed by atoms with Crippen LogP contribution in [0.15, 0.2) is 42.5 Å². The quantitative estimate of drug-likeness (QED) is 0.847. The average molecular weight is 258 g/mol. The van der Waals surface area contributed by atoms with Gasteiger partial charge in [-0.1, -0.05) is 35.9 Å². The van der Waals surface area contributed by atoms with Crippen LogP contribution in [0, 0.1) is 11.3 Å². The molecule has 2 aromatic rings. The van der Waals surface area contributed by atoms with Crippen LogP contribution in [0.3, 0.4) is 0 Å². The van der Waals surface area contributed by atoms with Crippen molar-refractivity contribution in [1.29, 1.82) is 5.26 Å². The van der Waals surface area contributed by atoms with Crippen LogP contribution in [-0.2, 0) is 6.54 Å². The molecule has 0 spiro atoms. The second-order valence-corrected chi connectivity index (χ2v) is 4.35. The first-order chi connectivity index (χ1) is 8.70. The Morgan fingerprint density at radius 3 is 2.72 bits per heavy atom. The fourth-order valence-electron chi connectivity index (χ4n) is 1.66. The number of pyridine rings is 1. The van der Waals surface area contributed by atoms with E-state index in [0.29, 0.717) is 12.2 Å².